The summed E-state index contributed by atoms with van der Waals surface area (Å²) in [6.45, 7) is 2.09. The molecule has 0 unspecified atom stereocenters. The van der Waals surface area contributed by atoms with Gasteiger partial charge in [0, 0.05) is 0 Å². The summed E-state index contributed by atoms with van der Waals surface area (Å²) in [5.41, 5.74) is 0. The van der Waals surface area contributed by atoms with Crippen LogP contribution in [0.1, 0.15) is 13.3 Å². The fraction of sp³-hybridized carbons (Fsp3) is 1.00. The second kappa shape index (κ2) is 4.30. The van der Waals surface area contributed by atoms with Crippen molar-refractivity contribution in [3.05, 3.63) is 0 Å². The molecule has 3 heteroatoms. The molecule has 0 aliphatic rings. The molecule has 0 N–H and O–H groups in total. The molecule has 0 aliphatic heterocycles. The van der Waals surface area contributed by atoms with Gasteiger partial charge in [0.15, 0.2) is 0 Å². The molecule has 0 aliphatic carbocycles. The van der Waals surface area contributed by atoms with E-state index in [0.717, 1.165) is 11.6 Å². The summed E-state index contributed by atoms with van der Waals surface area (Å²) in [6.07, 6.45) is 1.13. The Morgan fingerprint density at radius 2 is 2.00 bits per heavy atom. The molecule has 0 aromatic rings. The summed E-state index contributed by atoms with van der Waals surface area (Å²) >= 11 is -1.28. The van der Waals surface area contributed by atoms with Gasteiger partial charge in [-0.1, -0.05) is 0 Å². The van der Waals surface area contributed by atoms with Gasteiger partial charge in [0.1, 0.15) is 0 Å². The van der Waals surface area contributed by atoms with Gasteiger partial charge < -0.3 is 0 Å². The maximum absolute atomic E-state index is 5.49. The first-order valence-corrected chi connectivity index (χ1v) is 8.12. The van der Waals surface area contributed by atoms with Crippen LogP contribution in [0.4, 0.5) is 0 Å². The zero-order chi connectivity index (χ0) is 4.99. The van der Waals surface area contributed by atoms with Crippen LogP contribution in [0, 0.1) is 0 Å². The minimum atomic E-state index is -1.28. The van der Waals surface area contributed by atoms with Crippen molar-refractivity contribution in [3.8, 4) is 0 Å². The molecular formula is C3H7AsCl2. The Labute approximate surface area is 51.4 Å². The van der Waals surface area contributed by atoms with E-state index >= 15 is 0 Å². The molecule has 0 fully saturated rings. The molecule has 38 valence electrons. The Bertz CT molecular complexity index is 30.0. The van der Waals surface area contributed by atoms with E-state index in [9.17, 15) is 0 Å². The fourth-order valence-corrected chi connectivity index (χ4v) is 2.63. The first kappa shape index (κ1) is 7.14. The van der Waals surface area contributed by atoms with Crippen molar-refractivity contribution in [1.82, 2.24) is 0 Å². The van der Waals surface area contributed by atoms with Gasteiger partial charge in [-0.05, 0) is 0 Å². The average molecular weight is 189 g/mol. The van der Waals surface area contributed by atoms with E-state index in [1.165, 1.54) is 0 Å². The van der Waals surface area contributed by atoms with Crippen molar-refractivity contribution in [3.63, 3.8) is 0 Å². The average Bonchev–Trinajstić information content (AvgIpc) is 1.35. The number of halogens is 2. The Balaban J connectivity index is 2.63. The van der Waals surface area contributed by atoms with E-state index < -0.39 is 12.8 Å². The molecule has 0 nitrogen and oxygen atoms in total. The molecule has 0 aromatic heterocycles. The van der Waals surface area contributed by atoms with Crippen LogP contribution in [0.5, 0.6) is 0 Å². The molecule has 0 aromatic carbocycles. The van der Waals surface area contributed by atoms with Gasteiger partial charge in [0.2, 0.25) is 0 Å². The van der Waals surface area contributed by atoms with Gasteiger partial charge in [0.05, 0.1) is 0 Å². The van der Waals surface area contributed by atoms with Crippen molar-refractivity contribution in [2.24, 2.45) is 0 Å². The van der Waals surface area contributed by atoms with E-state index in [1.54, 1.807) is 0 Å². The minimum absolute atomic E-state index is 1.05. The monoisotopic (exact) mass is 188 g/mol. The summed E-state index contributed by atoms with van der Waals surface area (Å²) in [4.78, 5) is 0. The zero-order valence-corrected chi connectivity index (χ0v) is 7.01. The molecule has 0 atom stereocenters. The van der Waals surface area contributed by atoms with Crippen molar-refractivity contribution in [2.45, 2.75) is 18.6 Å². The molecule has 6 heavy (non-hydrogen) atoms. The number of rotatable bonds is 2. The number of hydrogen-bond acceptors (Lipinski definition) is 0. The van der Waals surface area contributed by atoms with Crippen molar-refractivity contribution >= 4 is 32.7 Å². The van der Waals surface area contributed by atoms with Crippen LogP contribution < -0.4 is 0 Å². The molecule has 0 heterocycles. The summed E-state index contributed by atoms with van der Waals surface area (Å²) < 4.78 is 0. The Hall–Kier alpha value is 1.14. The zero-order valence-electron chi connectivity index (χ0n) is 3.62. The SMILES string of the molecule is CCC[As](Cl)Cl. The third-order valence-electron chi connectivity index (χ3n) is 0.393. The van der Waals surface area contributed by atoms with Crippen molar-refractivity contribution in [1.29, 1.82) is 0 Å². The van der Waals surface area contributed by atoms with E-state index in [0.29, 0.717) is 0 Å². The van der Waals surface area contributed by atoms with Gasteiger partial charge in [-0.15, -0.1) is 0 Å². The standard InChI is InChI=1S/C3H7AsCl2/c1-2-3-4(5)6/h2-3H2,1H3. The molecule has 0 bridgehead atoms. The second-order valence-corrected chi connectivity index (χ2v) is 8.38. The Morgan fingerprint density at radius 1 is 1.50 bits per heavy atom. The van der Waals surface area contributed by atoms with Gasteiger partial charge in [-0.2, -0.15) is 0 Å². The second-order valence-electron chi connectivity index (χ2n) is 1.03. The molecule has 0 saturated heterocycles. The third kappa shape index (κ3) is 5.14. The fourth-order valence-electron chi connectivity index (χ4n) is 0.169. The van der Waals surface area contributed by atoms with E-state index in [4.69, 9.17) is 19.9 Å². The third-order valence-corrected chi connectivity index (χ3v) is 3.80. The summed E-state index contributed by atoms with van der Waals surface area (Å²) in [6, 6.07) is 0. The van der Waals surface area contributed by atoms with Crippen LogP contribution in [0.25, 0.3) is 0 Å². The molecule has 0 radical (unpaired) electrons. The van der Waals surface area contributed by atoms with E-state index in [1.807, 2.05) is 0 Å². The van der Waals surface area contributed by atoms with Crippen LogP contribution in [0.2, 0.25) is 5.21 Å². The summed E-state index contributed by atoms with van der Waals surface area (Å²) in [5, 5.41) is 1.05. The van der Waals surface area contributed by atoms with Crippen LogP contribution in [-0.4, -0.2) is 12.8 Å². The first-order valence-electron chi connectivity index (χ1n) is 1.86. The van der Waals surface area contributed by atoms with Crippen LogP contribution in [0.3, 0.4) is 0 Å². The number of hydrogen-bond donors (Lipinski definition) is 0. The molecular weight excluding hydrogens is 182 g/mol. The van der Waals surface area contributed by atoms with Gasteiger partial charge in [-0.25, -0.2) is 0 Å². The van der Waals surface area contributed by atoms with Crippen molar-refractivity contribution in [2.75, 3.05) is 0 Å². The molecule has 0 amide bonds. The molecule has 0 rings (SSSR count). The molecule has 0 saturated carbocycles. The van der Waals surface area contributed by atoms with Gasteiger partial charge in [-0.3, -0.25) is 0 Å². The normalized spacial score (nSPS) is 10.0. The van der Waals surface area contributed by atoms with Gasteiger partial charge in [0.25, 0.3) is 0 Å². The van der Waals surface area contributed by atoms with Gasteiger partial charge >= 0.3 is 51.2 Å². The summed E-state index contributed by atoms with van der Waals surface area (Å²) in [5.74, 6) is 0. The Morgan fingerprint density at radius 3 is 2.00 bits per heavy atom. The topological polar surface area (TPSA) is 0 Å². The predicted octanol–water partition coefficient (Wildman–Crippen LogP) is 2.36. The quantitative estimate of drug-likeness (QED) is 0.584. The summed E-state index contributed by atoms with van der Waals surface area (Å²) in [7, 11) is 11.0. The molecule has 0 spiro atoms. The first-order chi connectivity index (χ1) is 2.77. The maximum atomic E-state index is 5.49. The van der Waals surface area contributed by atoms with E-state index in [2.05, 4.69) is 6.92 Å². The van der Waals surface area contributed by atoms with Crippen LogP contribution in [0.15, 0.2) is 0 Å². The van der Waals surface area contributed by atoms with E-state index in [-0.39, 0.29) is 0 Å². The Kier molecular flexibility index (Phi) is 5.12. The predicted molar refractivity (Wildman–Crippen MR) is 32.6 cm³/mol. The van der Waals surface area contributed by atoms with Crippen LogP contribution in [-0.2, 0) is 0 Å². The van der Waals surface area contributed by atoms with Crippen molar-refractivity contribution < 1.29 is 0 Å². The van der Waals surface area contributed by atoms with Crippen LogP contribution >= 0.6 is 19.9 Å².